The van der Waals surface area contributed by atoms with Gasteiger partial charge in [-0.25, -0.2) is 0 Å². The summed E-state index contributed by atoms with van der Waals surface area (Å²) >= 11 is 0. The summed E-state index contributed by atoms with van der Waals surface area (Å²) in [5.74, 6) is -1.77. The Morgan fingerprint density at radius 2 is 1.60 bits per heavy atom. The molecule has 0 spiro atoms. The minimum atomic E-state index is -0.687. The lowest BCUT2D eigenvalue weighted by Crippen LogP contribution is -2.49. The average molecular weight is 216 g/mol. The van der Waals surface area contributed by atoms with Crippen LogP contribution in [0.15, 0.2) is 0 Å². The summed E-state index contributed by atoms with van der Waals surface area (Å²) in [6.45, 7) is 0.985. The molecule has 0 aliphatic heterocycles. The van der Waals surface area contributed by atoms with Gasteiger partial charge in [0.25, 0.3) is 0 Å². The second kappa shape index (κ2) is 5.97. The number of nitrogens with zero attached hydrogens (tertiary/aromatic N) is 1. The predicted molar refractivity (Wildman–Crippen MR) is 53.5 cm³/mol. The molecular formula is C8H16N4O3. The molecule has 0 radical (unpaired) electrons. The van der Waals surface area contributed by atoms with Gasteiger partial charge in [-0.1, -0.05) is 0 Å². The molecule has 0 aliphatic carbocycles. The number of hydrogen-bond donors (Lipinski definition) is 3. The van der Waals surface area contributed by atoms with Gasteiger partial charge in [-0.15, -0.1) is 0 Å². The van der Waals surface area contributed by atoms with Crippen molar-refractivity contribution in [2.45, 2.75) is 13.0 Å². The molecule has 0 aromatic heterocycles. The fourth-order valence-corrected chi connectivity index (χ4v) is 0.985. The van der Waals surface area contributed by atoms with E-state index in [1.165, 1.54) is 0 Å². The van der Waals surface area contributed by atoms with Gasteiger partial charge >= 0.3 is 0 Å². The molecule has 0 fully saturated rings. The van der Waals surface area contributed by atoms with E-state index in [9.17, 15) is 14.4 Å². The minimum absolute atomic E-state index is 0.312. The maximum Gasteiger partial charge on any atom is 0.240 e. The molecule has 0 aromatic carbocycles. The number of amides is 3. The number of likely N-dealkylation sites (N-methyl/N-ethyl adjacent to an activating group) is 1. The molecule has 1 unspecified atom stereocenters. The molecule has 0 saturated carbocycles. The number of hydrogen-bond acceptors (Lipinski definition) is 4. The Morgan fingerprint density at radius 1 is 1.20 bits per heavy atom. The van der Waals surface area contributed by atoms with Crippen molar-refractivity contribution in [2.24, 2.45) is 11.5 Å². The van der Waals surface area contributed by atoms with E-state index in [1.54, 1.807) is 14.0 Å². The van der Waals surface area contributed by atoms with Crippen LogP contribution in [0.2, 0.25) is 0 Å². The quantitative estimate of drug-likeness (QED) is 0.451. The first-order chi connectivity index (χ1) is 6.88. The van der Waals surface area contributed by atoms with Gasteiger partial charge in [-0.3, -0.25) is 14.4 Å². The van der Waals surface area contributed by atoms with Crippen LogP contribution in [0.1, 0.15) is 6.92 Å². The highest BCUT2D eigenvalue weighted by Crippen LogP contribution is 1.94. The Bertz CT molecular complexity index is 251. The van der Waals surface area contributed by atoms with Crippen LogP contribution < -0.4 is 16.8 Å². The molecule has 0 bridgehead atoms. The second-order valence-electron chi connectivity index (χ2n) is 3.14. The van der Waals surface area contributed by atoms with Crippen LogP contribution in [0.5, 0.6) is 0 Å². The highest BCUT2D eigenvalue weighted by molar-refractivity contribution is 5.90. The van der Waals surface area contributed by atoms with Crippen molar-refractivity contribution in [3.63, 3.8) is 0 Å². The number of carbonyl (C=O) groups excluding carboxylic acids is 3. The highest BCUT2D eigenvalue weighted by atomic mass is 16.2. The monoisotopic (exact) mass is 216 g/mol. The Kier molecular flexibility index (Phi) is 5.32. The molecular weight excluding hydrogens is 200 g/mol. The molecule has 15 heavy (non-hydrogen) atoms. The van der Waals surface area contributed by atoms with E-state index in [4.69, 9.17) is 11.5 Å². The Hall–Kier alpha value is -1.63. The maximum absolute atomic E-state index is 11.6. The summed E-state index contributed by atoms with van der Waals surface area (Å²) in [6, 6.07) is -0.497. The normalized spacial score (nSPS) is 11.9. The molecule has 7 heteroatoms. The Morgan fingerprint density at radius 3 is 1.87 bits per heavy atom. The third kappa shape index (κ3) is 4.96. The van der Waals surface area contributed by atoms with E-state index in [-0.39, 0.29) is 13.1 Å². The van der Waals surface area contributed by atoms with Crippen molar-refractivity contribution in [1.29, 1.82) is 0 Å². The molecule has 3 amide bonds. The van der Waals surface area contributed by atoms with Crippen molar-refractivity contribution in [3.8, 4) is 0 Å². The topological polar surface area (TPSA) is 119 Å². The number of nitrogens with two attached hydrogens (primary N) is 2. The van der Waals surface area contributed by atoms with E-state index < -0.39 is 23.8 Å². The first kappa shape index (κ1) is 13.4. The van der Waals surface area contributed by atoms with Crippen molar-refractivity contribution < 1.29 is 14.4 Å². The van der Waals surface area contributed by atoms with Crippen LogP contribution in [-0.2, 0) is 14.4 Å². The fraction of sp³-hybridized carbons (Fsp3) is 0.625. The summed E-state index contributed by atoms with van der Waals surface area (Å²) in [6.07, 6.45) is 0. The molecule has 0 saturated heterocycles. The van der Waals surface area contributed by atoms with Gasteiger partial charge in [-0.2, -0.15) is 0 Å². The summed E-state index contributed by atoms with van der Waals surface area (Å²) in [7, 11) is 1.59. The first-order valence-corrected chi connectivity index (χ1v) is 4.41. The number of nitrogens with one attached hydrogen (secondary N) is 1. The second-order valence-corrected chi connectivity index (χ2v) is 3.14. The van der Waals surface area contributed by atoms with E-state index >= 15 is 0 Å². The summed E-state index contributed by atoms with van der Waals surface area (Å²) < 4.78 is 0. The molecule has 0 rings (SSSR count). The number of primary amides is 2. The van der Waals surface area contributed by atoms with Crippen LogP contribution in [-0.4, -0.2) is 48.8 Å². The molecule has 0 aromatic rings. The van der Waals surface area contributed by atoms with Crippen molar-refractivity contribution in [1.82, 2.24) is 10.2 Å². The highest BCUT2D eigenvalue weighted by Gasteiger charge is 2.21. The van der Waals surface area contributed by atoms with Crippen LogP contribution in [0.25, 0.3) is 0 Å². The SMILES string of the molecule is CNC(C)C(=O)N(CC(N)=O)CC(N)=O. The van der Waals surface area contributed by atoms with Crippen LogP contribution >= 0.6 is 0 Å². The van der Waals surface area contributed by atoms with E-state index in [1.807, 2.05) is 0 Å². The maximum atomic E-state index is 11.6. The summed E-state index contributed by atoms with van der Waals surface area (Å²) in [5.41, 5.74) is 9.89. The number of rotatable bonds is 6. The van der Waals surface area contributed by atoms with E-state index in [0.29, 0.717) is 0 Å². The lowest BCUT2D eigenvalue weighted by Gasteiger charge is -2.22. The zero-order valence-electron chi connectivity index (χ0n) is 8.82. The predicted octanol–water partition coefficient (Wildman–Crippen LogP) is -2.61. The number of carbonyl (C=O) groups is 3. The van der Waals surface area contributed by atoms with Crippen molar-refractivity contribution >= 4 is 17.7 Å². The van der Waals surface area contributed by atoms with Crippen LogP contribution in [0.3, 0.4) is 0 Å². The van der Waals surface area contributed by atoms with Gasteiger partial charge in [0.15, 0.2) is 0 Å². The van der Waals surface area contributed by atoms with Crippen molar-refractivity contribution in [3.05, 3.63) is 0 Å². The van der Waals surface area contributed by atoms with Gasteiger partial charge in [0.1, 0.15) is 0 Å². The smallest absolute Gasteiger partial charge is 0.240 e. The van der Waals surface area contributed by atoms with Crippen LogP contribution in [0, 0.1) is 0 Å². The standard InChI is InChI=1S/C8H16N4O3/c1-5(11-2)8(15)12(3-6(9)13)4-7(10)14/h5,11H,3-4H2,1-2H3,(H2,9,13)(H2,10,14). The molecule has 1 atom stereocenters. The van der Waals surface area contributed by atoms with Gasteiger partial charge in [0.2, 0.25) is 17.7 Å². The molecule has 86 valence electrons. The summed E-state index contributed by atoms with van der Waals surface area (Å²) in [5, 5.41) is 2.70. The molecule has 0 heterocycles. The first-order valence-electron chi connectivity index (χ1n) is 4.41. The largest absolute Gasteiger partial charge is 0.368 e. The minimum Gasteiger partial charge on any atom is -0.368 e. The Balaban J connectivity index is 4.53. The Labute approximate surface area is 87.8 Å². The van der Waals surface area contributed by atoms with Gasteiger partial charge < -0.3 is 21.7 Å². The van der Waals surface area contributed by atoms with Crippen molar-refractivity contribution in [2.75, 3.05) is 20.1 Å². The van der Waals surface area contributed by atoms with Gasteiger partial charge in [0.05, 0.1) is 19.1 Å². The average Bonchev–Trinajstić information content (AvgIpc) is 2.13. The lowest BCUT2D eigenvalue weighted by molar-refractivity contribution is -0.139. The fourth-order valence-electron chi connectivity index (χ4n) is 0.985. The van der Waals surface area contributed by atoms with Gasteiger partial charge in [-0.05, 0) is 14.0 Å². The summed E-state index contributed by atoms with van der Waals surface area (Å²) in [4.78, 5) is 33.9. The van der Waals surface area contributed by atoms with Crippen LogP contribution in [0.4, 0.5) is 0 Å². The van der Waals surface area contributed by atoms with Gasteiger partial charge in [0, 0.05) is 0 Å². The molecule has 7 nitrogen and oxygen atoms in total. The lowest BCUT2D eigenvalue weighted by atomic mass is 10.3. The molecule has 0 aliphatic rings. The van der Waals surface area contributed by atoms with E-state index in [0.717, 1.165) is 4.90 Å². The molecule has 5 N–H and O–H groups in total. The zero-order valence-corrected chi connectivity index (χ0v) is 8.82. The zero-order chi connectivity index (χ0) is 12.0. The third-order valence-electron chi connectivity index (χ3n) is 1.81. The third-order valence-corrected chi connectivity index (χ3v) is 1.81. The van der Waals surface area contributed by atoms with E-state index in [2.05, 4.69) is 5.32 Å².